The molecule has 27 nitrogen and oxygen atoms in total. The van der Waals surface area contributed by atoms with Gasteiger partial charge >= 0.3 is 11.9 Å². The van der Waals surface area contributed by atoms with Crippen molar-refractivity contribution >= 4 is 92.8 Å². The van der Waals surface area contributed by atoms with Gasteiger partial charge in [-0.2, -0.15) is 0 Å². The molecule has 0 spiro atoms. The maximum atomic E-state index is 14.9. The van der Waals surface area contributed by atoms with E-state index in [1.807, 2.05) is 19.1 Å². The number of nitrogens with zero attached hydrogens (tertiary/aromatic N) is 8. The second kappa shape index (κ2) is 30.5. The summed E-state index contributed by atoms with van der Waals surface area (Å²) in [5, 5.41) is 12.0. The average Bonchev–Trinajstić information content (AvgIpc) is 2.99. The molecule has 2 aromatic heterocycles. The summed E-state index contributed by atoms with van der Waals surface area (Å²) >= 11 is 0. The molecule has 0 saturated carbocycles. The lowest BCUT2D eigenvalue weighted by atomic mass is 10.00. The Morgan fingerprint density at radius 1 is 0.560 bits per heavy atom. The number of methoxy groups -OCH3 is 1. The largest absolute Gasteiger partial charge is 0.497 e. The lowest BCUT2D eigenvalue weighted by molar-refractivity contribution is -0.159. The van der Waals surface area contributed by atoms with Crippen LogP contribution in [-0.2, 0) is 57.4 Å². The second-order valence-corrected chi connectivity index (χ2v) is 24.3. The number of nitrogens with one attached hydrogen (secondary N) is 4. The van der Waals surface area contributed by atoms with Gasteiger partial charge in [0.1, 0.15) is 66.6 Å². The number of amides is 10. The lowest BCUT2D eigenvalue weighted by Gasteiger charge is -2.37. The Labute approximate surface area is 528 Å². The van der Waals surface area contributed by atoms with E-state index >= 15 is 0 Å². The van der Waals surface area contributed by atoms with Crippen LogP contribution in [0.3, 0.4) is 0 Å². The fourth-order valence-corrected chi connectivity index (χ4v) is 11.6. The Morgan fingerprint density at radius 3 is 1.37 bits per heavy atom. The standard InChI is InChI=1S/C64H84N12O15/c1-35(2)55-63(87)90-33-45(69-59(83)53-38(6)26-40-25-37(5)19-21-43(40)67-53)61(85)75-23-15-13-17-47(75)57(81)65-29-49(77)72(9)32-52(80)74(11)56(36(3)4)64(88)91-34-46(70-60(84)54-39(7)27-41-28-42(89-12)20-22-44(41)68-54)62(86)76-24-16-14-18-48(76)58(82)66-30-50(78)71(8)31-51(79)73(55)10/h19-22,25-28,35-36,45-48,55-56H,13-18,23-24,29-34H2,1-12H3,(H,65,81)(H,66,82)(H,69,83)(H,70,84)/t45?,46?,47-,48-,55-,56-/m0/s1. The van der Waals surface area contributed by atoms with Gasteiger partial charge in [-0.3, -0.25) is 47.9 Å². The predicted molar refractivity (Wildman–Crippen MR) is 331 cm³/mol. The second-order valence-electron chi connectivity index (χ2n) is 24.3. The summed E-state index contributed by atoms with van der Waals surface area (Å²) < 4.78 is 17.0. The smallest absolute Gasteiger partial charge is 0.329 e. The van der Waals surface area contributed by atoms with Crippen LogP contribution >= 0.6 is 0 Å². The number of aryl methyl sites for hydroxylation is 3. The van der Waals surface area contributed by atoms with Crippen LogP contribution in [0.15, 0.2) is 48.5 Å². The normalized spacial score (nSPS) is 22.6. The minimum absolute atomic E-state index is 0.0196. The highest BCUT2D eigenvalue weighted by atomic mass is 16.5. The monoisotopic (exact) mass is 1260 g/mol. The van der Waals surface area contributed by atoms with E-state index < -0.39 is 158 Å². The molecule has 3 aliphatic rings. The fourth-order valence-electron chi connectivity index (χ4n) is 11.6. The SMILES string of the molecule is COc1ccc2nc(C(=O)NC3COC(=O)[C@H](C(C)C)N(C)C(=O)CN(C)C(=O)CNC(=O)[C@@H]4CCCCN4C(=O)C(NC(=O)c4nc5ccc(C)cc5cc4C)COC(=O)[C@H](C(C)C)N(C)C(=O)CN(C)C(=O)CNC(=O)[C@@H]4CCCCN4C3=O)c(C)cc2c1. The first kappa shape index (κ1) is 69.2. The van der Waals surface area contributed by atoms with Gasteiger partial charge in [0.25, 0.3) is 11.8 Å². The Hall–Kier alpha value is -9.30. The molecular weight excluding hydrogens is 1180 g/mol. The van der Waals surface area contributed by atoms with Gasteiger partial charge in [0.2, 0.25) is 47.3 Å². The number of carbonyl (C=O) groups is 12. The van der Waals surface area contributed by atoms with E-state index in [0.29, 0.717) is 59.0 Å². The van der Waals surface area contributed by atoms with E-state index in [4.69, 9.17) is 14.2 Å². The van der Waals surface area contributed by atoms with Crippen molar-refractivity contribution in [1.29, 1.82) is 0 Å². The molecule has 0 aliphatic carbocycles. The van der Waals surface area contributed by atoms with Crippen molar-refractivity contribution in [3.05, 3.63) is 76.6 Å². The average molecular weight is 1260 g/mol. The number of aromatic nitrogens is 2. The van der Waals surface area contributed by atoms with Crippen molar-refractivity contribution in [3.8, 4) is 5.75 Å². The zero-order valence-electron chi connectivity index (χ0n) is 53.8. The highest BCUT2D eigenvalue weighted by molar-refractivity contribution is 6.02. The van der Waals surface area contributed by atoms with E-state index in [-0.39, 0.29) is 37.3 Å². The maximum absolute atomic E-state index is 14.9. The Bertz CT molecular complexity index is 3480. The number of fused-ring (bicyclic) bond motifs is 4. The number of cyclic esters (lactones) is 2. The number of piperidine rings is 2. The van der Waals surface area contributed by atoms with Gasteiger partial charge in [0, 0.05) is 52.1 Å². The molecule has 0 radical (unpaired) electrons. The van der Waals surface area contributed by atoms with Crippen LogP contribution < -0.4 is 26.0 Å². The number of likely N-dealkylation sites (N-methyl/N-ethyl adjacent to an activating group) is 4. The fraction of sp³-hybridized carbons (Fsp3) is 0.531. The molecule has 490 valence electrons. The molecule has 3 fully saturated rings. The third-order valence-electron chi connectivity index (χ3n) is 16.8. The number of rotatable bonds is 7. The predicted octanol–water partition coefficient (Wildman–Crippen LogP) is 1.59. The zero-order valence-corrected chi connectivity index (χ0v) is 53.8. The number of hydrogen-bond donors (Lipinski definition) is 4. The summed E-state index contributed by atoms with van der Waals surface area (Å²) in [4.78, 5) is 186. The van der Waals surface area contributed by atoms with Crippen LogP contribution in [0.4, 0.5) is 0 Å². The van der Waals surface area contributed by atoms with Gasteiger partial charge in [-0.1, -0.05) is 39.3 Å². The Morgan fingerprint density at radius 2 is 0.967 bits per heavy atom. The number of hydrogen-bond acceptors (Lipinski definition) is 17. The molecule has 3 aliphatic heterocycles. The molecule has 2 aromatic carbocycles. The van der Waals surface area contributed by atoms with Gasteiger partial charge in [0.15, 0.2) is 0 Å². The van der Waals surface area contributed by atoms with Gasteiger partial charge in [-0.25, -0.2) is 19.6 Å². The van der Waals surface area contributed by atoms with Crippen LogP contribution in [0, 0.1) is 32.6 Å². The Kier molecular flexibility index (Phi) is 23.2. The number of esters is 2. The van der Waals surface area contributed by atoms with Crippen molar-refractivity contribution in [2.24, 2.45) is 11.8 Å². The molecule has 6 atom stereocenters. The van der Waals surface area contributed by atoms with E-state index in [1.54, 1.807) is 77.9 Å². The highest BCUT2D eigenvalue weighted by Crippen LogP contribution is 2.26. The molecule has 10 amide bonds. The van der Waals surface area contributed by atoms with Crippen molar-refractivity contribution in [2.75, 3.05) is 87.8 Å². The van der Waals surface area contributed by atoms with E-state index in [0.717, 1.165) is 30.5 Å². The van der Waals surface area contributed by atoms with Crippen LogP contribution in [-0.4, -0.2) is 234 Å². The van der Waals surface area contributed by atoms with Gasteiger partial charge in [-0.05, 0) is 125 Å². The minimum atomic E-state index is -1.63. The maximum Gasteiger partial charge on any atom is 0.329 e. The molecule has 4 aromatic rings. The van der Waals surface area contributed by atoms with E-state index in [2.05, 4.69) is 31.2 Å². The first-order chi connectivity index (χ1) is 43.1. The topological polar surface area (TPSA) is 326 Å². The molecule has 27 heteroatoms. The van der Waals surface area contributed by atoms with Crippen LogP contribution in [0.5, 0.6) is 5.75 Å². The quantitative estimate of drug-likeness (QED) is 0.191. The summed E-state index contributed by atoms with van der Waals surface area (Å²) in [6, 6.07) is 5.84. The zero-order chi connectivity index (χ0) is 66.7. The van der Waals surface area contributed by atoms with Crippen LogP contribution in [0.1, 0.15) is 104 Å². The first-order valence-corrected chi connectivity index (χ1v) is 30.5. The lowest BCUT2D eigenvalue weighted by Crippen LogP contribution is -2.59. The molecule has 0 bridgehead atoms. The van der Waals surface area contributed by atoms with Crippen LogP contribution in [0.2, 0.25) is 0 Å². The van der Waals surface area contributed by atoms with Crippen molar-refractivity contribution in [1.82, 2.24) is 60.6 Å². The van der Waals surface area contributed by atoms with Crippen LogP contribution in [0.25, 0.3) is 21.8 Å². The highest BCUT2D eigenvalue weighted by Gasteiger charge is 2.42. The molecular formula is C64H84N12O15. The van der Waals surface area contributed by atoms with Gasteiger partial charge in [0.05, 0.1) is 44.3 Å². The van der Waals surface area contributed by atoms with E-state index in [1.165, 1.54) is 45.1 Å². The minimum Gasteiger partial charge on any atom is -0.497 e. The number of ether oxygens (including phenoxy) is 3. The molecule has 2 unspecified atom stereocenters. The van der Waals surface area contributed by atoms with Crippen molar-refractivity contribution < 1.29 is 71.7 Å². The number of benzene rings is 2. The first-order valence-electron chi connectivity index (χ1n) is 30.5. The molecule has 91 heavy (non-hydrogen) atoms. The molecule has 4 N–H and O–H groups in total. The van der Waals surface area contributed by atoms with E-state index in [9.17, 15) is 57.5 Å². The summed E-state index contributed by atoms with van der Waals surface area (Å²) in [5.74, 6) is -10.1. The molecule has 7 rings (SSSR count). The third kappa shape index (κ3) is 16.8. The van der Waals surface area contributed by atoms with Crippen molar-refractivity contribution in [2.45, 2.75) is 123 Å². The number of pyridine rings is 2. The van der Waals surface area contributed by atoms with Crippen molar-refractivity contribution in [3.63, 3.8) is 0 Å². The molecule has 3 saturated heterocycles. The third-order valence-corrected chi connectivity index (χ3v) is 16.8. The summed E-state index contributed by atoms with van der Waals surface area (Å²) in [6.45, 7) is 7.95. The summed E-state index contributed by atoms with van der Waals surface area (Å²) in [7, 11) is 6.81. The number of carbonyl (C=O) groups excluding carboxylic acids is 12. The van der Waals surface area contributed by atoms with Gasteiger partial charge in [-0.15, -0.1) is 0 Å². The Balaban J connectivity index is 1.18. The molecule has 5 heterocycles. The van der Waals surface area contributed by atoms with Gasteiger partial charge < -0.3 is 64.9 Å². The summed E-state index contributed by atoms with van der Waals surface area (Å²) in [5.41, 5.74) is 2.73. The summed E-state index contributed by atoms with van der Waals surface area (Å²) in [6.07, 6.45) is 2.16.